The molecule has 1 aliphatic heterocycles. The van der Waals surface area contributed by atoms with Crippen molar-refractivity contribution in [3.05, 3.63) is 0 Å². The molecule has 1 saturated heterocycles. The van der Waals surface area contributed by atoms with Gasteiger partial charge in [0.15, 0.2) is 0 Å². The summed E-state index contributed by atoms with van der Waals surface area (Å²) >= 11 is 0. The van der Waals surface area contributed by atoms with E-state index in [1.165, 1.54) is 0 Å². The van der Waals surface area contributed by atoms with Crippen LogP contribution in [0.25, 0.3) is 0 Å². The summed E-state index contributed by atoms with van der Waals surface area (Å²) in [7, 11) is 1.95. The molecule has 1 N–H and O–H groups in total. The van der Waals surface area contributed by atoms with Gasteiger partial charge in [-0.05, 0) is 32.4 Å². The first-order valence-corrected chi connectivity index (χ1v) is 6.19. The van der Waals surface area contributed by atoms with Crippen molar-refractivity contribution < 1.29 is 9.53 Å². The van der Waals surface area contributed by atoms with E-state index in [9.17, 15) is 4.79 Å². The molecule has 1 atom stereocenters. The zero-order valence-corrected chi connectivity index (χ0v) is 10.7. The largest absolute Gasteiger partial charge is 0.449 e. The van der Waals surface area contributed by atoms with Gasteiger partial charge in [0.05, 0.1) is 6.61 Å². The Labute approximate surface area is 98.3 Å². The van der Waals surface area contributed by atoms with Crippen LogP contribution in [-0.4, -0.2) is 44.3 Å². The molecule has 1 amide bonds. The molecule has 1 unspecified atom stereocenters. The molecule has 1 aliphatic rings. The summed E-state index contributed by atoms with van der Waals surface area (Å²) in [4.78, 5) is 13.4. The molecule has 4 heteroatoms. The highest BCUT2D eigenvalue weighted by atomic mass is 16.6. The van der Waals surface area contributed by atoms with Gasteiger partial charge in [-0.2, -0.15) is 0 Å². The van der Waals surface area contributed by atoms with Crippen molar-refractivity contribution in [3.63, 3.8) is 0 Å². The first kappa shape index (κ1) is 13.3. The van der Waals surface area contributed by atoms with Crippen LogP contribution in [0.1, 0.15) is 26.7 Å². The molecule has 0 aliphatic carbocycles. The van der Waals surface area contributed by atoms with Crippen molar-refractivity contribution in [2.24, 2.45) is 11.8 Å². The molecule has 4 nitrogen and oxygen atoms in total. The summed E-state index contributed by atoms with van der Waals surface area (Å²) in [5.41, 5.74) is 0. The molecule has 1 rings (SSSR count). The molecule has 16 heavy (non-hydrogen) atoms. The fourth-order valence-corrected chi connectivity index (χ4v) is 1.84. The lowest BCUT2D eigenvalue weighted by Crippen LogP contribution is -2.44. The first-order valence-electron chi connectivity index (χ1n) is 6.19. The average molecular weight is 228 g/mol. The Balaban J connectivity index is 2.33. The second-order valence-electron chi connectivity index (χ2n) is 4.96. The predicted molar refractivity (Wildman–Crippen MR) is 64.4 cm³/mol. The average Bonchev–Trinajstić information content (AvgIpc) is 2.26. The Kier molecular flexibility index (Phi) is 5.60. The fraction of sp³-hybridized carbons (Fsp3) is 0.917. The van der Waals surface area contributed by atoms with E-state index in [1.807, 2.05) is 11.9 Å². The molecule has 0 aromatic heterocycles. The molecule has 0 saturated carbocycles. The highest BCUT2D eigenvalue weighted by Crippen LogP contribution is 2.15. The van der Waals surface area contributed by atoms with Crippen LogP contribution in [0.4, 0.5) is 4.79 Å². The van der Waals surface area contributed by atoms with Crippen LogP contribution in [-0.2, 0) is 4.74 Å². The maximum atomic E-state index is 11.5. The highest BCUT2D eigenvalue weighted by Gasteiger charge is 2.26. The minimum Gasteiger partial charge on any atom is -0.449 e. The summed E-state index contributed by atoms with van der Waals surface area (Å²) in [6.07, 6.45) is 1.98. The molecule has 1 fully saturated rings. The van der Waals surface area contributed by atoms with Gasteiger partial charge in [0.1, 0.15) is 0 Å². The maximum absolute atomic E-state index is 11.5. The third-order valence-electron chi connectivity index (χ3n) is 2.96. The quantitative estimate of drug-likeness (QED) is 0.752. The van der Waals surface area contributed by atoms with Crippen molar-refractivity contribution in [2.75, 3.05) is 33.3 Å². The van der Waals surface area contributed by atoms with Crippen molar-refractivity contribution in [3.8, 4) is 0 Å². The summed E-state index contributed by atoms with van der Waals surface area (Å²) in [6.45, 7) is 7.60. The zero-order chi connectivity index (χ0) is 12.0. The van der Waals surface area contributed by atoms with Crippen molar-refractivity contribution in [1.29, 1.82) is 0 Å². The van der Waals surface area contributed by atoms with E-state index in [2.05, 4.69) is 19.2 Å². The predicted octanol–water partition coefficient (Wildman–Crippen LogP) is 1.71. The number of cyclic esters (lactones) is 1. The Morgan fingerprint density at radius 2 is 2.31 bits per heavy atom. The second kappa shape index (κ2) is 6.74. The fourth-order valence-electron chi connectivity index (χ4n) is 1.84. The molecule has 1 heterocycles. The van der Waals surface area contributed by atoms with Gasteiger partial charge in [-0.15, -0.1) is 0 Å². The number of amides is 1. The van der Waals surface area contributed by atoms with Gasteiger partial charge in [0, 0.05) is 19.0 Å². The Bertz CT molecular complexity index is 219. The monoisotopic (exact) mass is 228 g/mol. The van der Waals surface area contributed by atoms with Crippen LogP contribution in [0, 0.1) is 11.8 Å². The van der Waals surface area contributed by atoms with Gasteiger partial charge in [-0.3, -0.25) is 0 Å². The topological polar surface area (TPSA) is 41.6 Å². The van der Waals surface area contributed by atoms with E-state index in [4.69, 9.17) is 4.74 Å². The third kappa shape index (κ3) is 4.39. The number of nitrogens with one attached hydrogen (secondary N) is 1. The lowest BCUT2D eigenvalue weighted by molar-refractivity contribution is 0.0395. The number of ether oxygens (including phenoxy) is 1. The number of carbonyl (C=O) groups is 1. The van der Waals surface area contributed by atoms with Crippen molar-refractivity contribution in [2.45, 2.75) is 26.7 Å². The molecular formula is C12H24N2O2. The molecule has 0 aromatic rings. The maximum Gasteiger partial charge on any atom is 0.409 e. The van der Waals surface area contributed by atoms with E-state index < -0.39 is 0 Å². The molecule has 0 bridgehead atoms. The van der Waals surface area contributed by atoms with Gasteiger partial charge >= 0.3 is 6.09 Å². The van der Waals surface area contributed by atoms with Crippen LogP contribution < -0.4 is 5.32 Å². The minimum absolute atomic E-state index is 0.138. The Morgan fingerprint density at radius 3 is 2.94 bits per heavy atom. The summed E-state index contributed by atoms with van der Waals surface area (Å²) < 4.78 is 5.19. The zero-order valence-electron chi connectivity index (χ0n) is 10.7. The molecule has 0 spiro atoms. The number of nitrogens with zero attached hydrogens (tertiary/aromatic N) is 1. The summed E-state index contributed by atoms with van der Waals surface area (Å²) in [5.74, 6) is 1.11. The Hall–Kier alpha value is -0.770. The van der Waals surface area contributed by atoms with E-state index in [0.717, 1.165) is 32.5 Å². The van der Waals surface area contributed by atoms with Crippen molar-refractivity contribution >= 4 is 6.09 Å². The van der Waals surface area contributed by atoms with E-state index in [-0.39, 0.29) is 6.09 Å². The highest BCUT2D eigenvalue weighted by molar-refractivity contribution is 5.68. The van der Waals surface area contributed by atoms with E-state index in [0.29, 0.717) is 18.4 Å². The SMILES string of the molecule is CNCCC1COC(=O)N(CCC(C)C)C1. The lowest BCUT2D eigenvalue weighted by Gasteiger charge is -2.32. The minimum atomic E-state index is -0.138. The molecular weight excluding hydrogens is 204 g/mol. The second-order valence-corrected chi connectivity index (χ2v) is 4.96. The van der Waals surface area contributed by atoms with E-state index >= 15 is 0 Å². The number of rotatable bonds is 6. The summed E-state index contributed by atoms with van der Waals surface area (Å²) in [5, 5.41) is 3.13. The van der Waals surface area contributed by atoms with Crippen LogP contribution in [0.3, 0.4) is 0 Å². The number of carbonyl (C=O) groups excluding carboxylic acids is 1. The molecule has 94 valence electrons. The standard InChI is InChI=1S/C12H24N2O2/c1-10(2)5-7-14-8-11(4-6-13-3)9-16-12(14)15/h10-11,13H,4-9H2,1-3H3. The third-order valence-corrected chi connectivity index (χ3v) is 2.96. The lowest BCUT2D eigenvalue weighted by atomic mass is 10.0. The van der Waals surface area contributed by atoms with Gasteiger partial charge in [-0.1, -0.05) is 13.8 Å². The summed E-state index contributed by atoms with van der Waals surface area (Å²) in [6, 6.07) is 0. The smallest absolute Gasteiger partial charge is 0.409 e. The van der Waals surface area contributed by atoms with Crippen LogP contribution >= 0.6 is 0 Å². The van der Waals surface area contributed by atoms with Crippen LogP contribution in [0.2, 0.25) is 0 Å². The van der Waals surface area contributed by atoms with Gasteiger partial charge in [-0.25, -0.2) is 4.79 Å². The number of hydrogen-bond acceptors (Lipinski definition) is 3. The van der Waals surface area contributed by atoms with Gasteiger partial charge < -0.3 is 15.0 Å². The molecule has 0 radical (unpaired) electrons. The number of hydrogen-bond donors (Lipinski definition) is 1. The van der Waals surface area contributed by atoms with E-state index in [1.54, 1.807) is 0 Å². The van der Waals surface area contributed by atoms with Crippen LogP contribution in [0.15, 0.2) is 0 Å². The normalized spacial score (nSPS) is 21.4. The molecule has 0 aromatic carbocycles. The Morgan fingerprint density at radius 1 is 1.56 bits per heavy atom. The van der Waals surface area contributed by atoms with Crippen LogP contribution in [0.5, 0.6) is 0 Å². The van der Waals surface area contributed by atoms with Gasteiger partial charge in [0.2, 0.25) is 0 Å². The van der Waals surface area contributed by atoms with Crippen molar-refractivity contribution in [1.82, 2.24) is 10.2 Å². The van der Waals surface area contributed by atoms with Gasteiger partial charge in [0.25, 0.3) is 0 Å². The first-order chi connectivity index (χ1) is 7.63.